The molecule has 2 saturated heterocycles. The van der Waals surface area contributed by atoms with Crippen LogP contribution >= 0.6 is 0 Å². The van der Waals surface area contributed by atoms with Crippen LogP contribution in [0.1, 0.15) is 42.5 Å². The lowest BCUT2D eigenvalue weighted by Crippen LogP contribution is -2.55. The molecule has 9 heteroatoms. The summed E-state index contributed by atoms with van der Waals surface area (Å²) < 4.78 is 6.64. The molecule has 2 aliphatic rings. The second kappa shape index (κ2) is 7.83. The Morgan fingerprint density at radius 2 is 2.18 bits per heavy atom. The van der Waals surface area contributed by atoms with E-state index in [0.29, 0.717) is 30.8 Å². The Kier molecular flexibility index (Phi) is 5.25. The van der Waals surface area contributed by atoms with Gasteiger partial charge in [0.2, 0.25) is 5.91 Å². The fraction of sp³-hybridized carbons (Fsp3) is 0.632. The Morgan fingerprint density at radius 1 is 1.29 bits per heavy atom. The smallest absolute Gasteiger partial charge is 0.255 e. The number of ether oxygens (including phenoxy) is 1. The molecule has 0 aliphatic carbocycles. The summed E-state index contributed by atoms with van der Waals surface area (Å²) in [6.45, 7) is 3.53. The van der Waals surface area contributed by atoms with Gasteiger partial charge in [0.15, 0.2) is 5.65 Å². The number of hydrogen-bond acceptors (Lipinski definition) is 6. The number of tetrazole rings is 1. The predicted octanol–water partition coefficient (Wildman–Crippen LogP) is 1.01. The van der Waals surface area contributed by atoms with Crippen LogP contribution < -0.4 is 0 Å². The fourth-order valence-corrected chi connectivity index (χ4v) is 4.47. The lowest BCUT2D eigenvalue weighted by molar-refractivity contribution is -0.139. The Labute approximate surface area is 163 Å². The van der Waals surface area contributed by atoms with Crippen molar-refractivity contribution in [2.75, 3.05) is 39.9 Å². The van der Waals surface area contributed by atoms with Gasteiger partial charge >= 0.3 is 0 Å². The molecule has 28 heavy (non-hydrogen) atoms. The lowest BCUT2D eigenvalue weighted by Gasteiger charge is -2.48. The van der Waals surface area contributed by atoms with Gasteiger partial charge < -0.3 is 14.5 Å². The normalized spacial score (nSPS) is 23.0. The van der Waals surface area contributed by atoms with Crippen molar-refractivity contribution in [2.24, 2.45) is 5.41 Å². The SMILES string of the molecule is COCCCN1C[C@@]2(CCCN(C(=O)c3ccc4nnnn4c3)C2)CCC1=O. The number of rotatable bonds is 5. The van der Waals surface area contributed by atoms with Gasteiger partial charge in [-0.1, -0.05) is 0 Å². The van der Waals surface area contributed by atoms with Gasteiger partial charge in [0.1, 0.15) is 0 Å². The molecule has 2 aromatic rings. The molecule has 0 N–H and O–H groups in total. The molecular formula is C19H26N6O3. The first-order chi connectivity index (χ1) is 13.6. The first kappa shape index (κ1) is 18.8. The molecule has 9 nitrogen and oxygen atoms in total. The third kappa shape index (κ3) is 3.71. The maximum atomic E-state index is 13.1. The van der Waals surface area contributed by atoms with E-state index >= 15 is 0 Å². The van der Waals surface area contributed by atoms with Crippen LogP contribution in [0.3, 0.4) is 0 Å². The molecule has 0 unspecified atom stereocenters. The van der Waals surface area contributed by atoms with E-state index in [-0.39, 0.29) is 17.2 Å². The van der Waals surface area contributed by atoms with Gasteiger partial charge in [-0.15, -0.1) is 5.10 Å². The van der Waals surface area contributed by atoms with Gasteiger partial charge in [0, 0.05) is 57.9 Å². The van der Waals surface area contributed by atoms with E-state index in [1.54, 1.807) is 25.4 Å². The molecular weight excluding hydrogens is 360 g/mol. The number of fused-ring (bicyclic) bond motifs is 1. The molecule has 0 saturated carbocycles. The van der Waals surface area contributed by atoms with Gasteiger partial charge in [-0.25, -0.2) is 0 Å². The fourth-order valence-electron chi connectivity index (χ4n) is 4.47. The first-order valence-electron chi connectivity index (χ1n) is 9.84. The van der Waals surface area contributed by atoms with Crippen molar-refractivity contribution in [1.82, 2.24) is 29.8 Å². The molecule has 0 radical (unpaired) electrons. The van der Waals surface area contributed by atoms with Crippen LogP contribution in [-0.2, 0) is 9.53 Å². The van der Waals surface area contributed by atoms with Crippen molar-refractivity contribution in [2.45, 2.75) is 32.1 Å². The van der Waals surface area contributed by atoms with Crippen molar-refractivity contribution < 1.29 is 14.3 Å². The summed E-state index contributed by atoms with van der Waals surface area (Å²) in [7, 11) is 1.68. The zero-order valence-electron chi connectivity index (χ0n) is 16.2. The third-order valence-corrected chi connectivity index (χ3v) is 5.91. The van der Waals surface area contributed by atoms with E-state index < -0.39 is 0 Å². The minimum absolute atomic E-state index is 0.000641. The van der Waals surface area contributed by atoms with Crippen LogP contribution in [0.5, 0.6) is 0 Å². The van der Waals surface area contributed by atoms with Crippen LogP contribution in [0.4, 0.5) is 0 Å². The van der Waals surface area contributed by atoms with E-state index in [1.165, 1.54) is 4.52 Å². The van der Waals surface area contributed by atoms with E-state index in [4.69, 9.17) is 4.74 Å². The number of nitrogens with zero attached hydrogens (tertiary/aromatic N) is 6. The van der Waals surface area contributed by atoms with E-state index in [1.807, 2.05) is 9.80 Å². The summed E-state index contributed by atoms with van der Waals surface area (Å²) in [5.41, 5.74) is 1.19. The summed E-state index contributed by atoms with van der Waals surface area (Å²) in [5.74, 6) is 0.216. The predicted molar refractivity (Wildman–Crippen MR) is 101 cm³/mol. The van der Waals surface area contributed by atoms with Crippen LogP contribution in [0.25, 0.3) is 5.65 Å². The van der Waals surface area contributed by atoms with Crippen molar-refractivity contribution >= 4 is 17.5 Å². The minimum atomic E-state index is -0.00615. The average Bonchev–Trinajstić information content (AvgIpc) is 3.18. The molecule has 2 amide bonds. The number of carbonyl (C=O) groups excluding carboxylic acids is 2. The standard InChI is InChI=1S/C19H26N6O3/c1-28-11-3-10-23-13-19(8-6-17(23)26)7-2-9-24(14-19)18(27)15-4-5-16-20-21-22-25(16)12-15/h4-5,12H,2-3,6-11,13-14H2,1H3/t19-/m1/s1. The summed E-state index contributed by atoms with van der Waals surface area (Å²) >= 11 is 0. The molecule has 4 rings (SSSR count). The third-order valence-electron chi connectivity index (χ3n) is 5.91. The highest BCUT2D eigenvalue weighted by molar-refractivity contribution is 5.94. The number of aromatic nitrogens is 4. The van der Waals surface area contributed by atoms with Crippen molar-refractivity contribution in [3.63, 3.8) is 0 Å². The molecule has 2 aliphatic heterocycles. The Balaban J connectivity index is 1.46. The number of methoxy groups -OCH3 is 1. The summed E-state index contributed by atoms with van der Waals surface area (Å²) in [5, 5.41) is 11.4. The zero-order chi connectivity index (χ0) is 19.6. The molecule has 1 atom stereocenters. The van der Waals surface area contributed by atoms with Crippen molar-refractivity contribution in [3.05, 3.63) is 23.9 Å². The highest BCUT2D eigenvalue weighted by Crippen LogP contribution is 2.39. The monoisotopic (exact) mass is 386 g/mol. The number of likely N-dealkylation sites (tertiary alicyclic amines) is 2. The molecule has 0 bridgehead atoms. The van der Waals surface area contributed by atoms with Gasteiger partial charge in [-0.3, -0.25) is 9.59 Å². The van der Waals surface area contributed by atoms with Crippen molar-refractivity contribution in [1.29, 1.82) is 0 Å². The number of piperidine rings is 2. The lowest BCUT2D eigenvalue weighted by atomic mass is 9.73. The minimum Gasteiger partial charge on any atom is -0.385 e. The number of hydrogen-bond donors (Lipinski definition) is 0. The van der Waals surface area contributed by atoms with Crippen LogP contribution in [0.15, 0.2) is 18.3 Å². The quantitative estimate of drug-likeness (QED) is 0.712. The molecule has 4 heterocycles. The molecule has 2 aromatic heterocycles. The number of pyridine rings is 1. The highest BCUT2D eigenvalue weighted by atomic mass is 16.5. The highest BCUT2D eigenvalue weighted by Gasteiger charge is 2.42. The molecule has 150 valence electrons. The average molecular weight is 386 g/mol. The molecule has 1 spiro atoms. The largest absolute Gasteiger partial charge is 0.385 e. The van der Waals surface area contributed by atoms with E-state index in [2.05, 4.69) is 15.5 Å². The second-order valence-corrected chi connectivity index (χ2v) is 7.89. The molecule has 0 aromatic carbocycles. The van der Waals surface area contributed by atoms with Crippen LogP contribution in [0, 0.1) is 5.41 Å². The van der Waals surface area contributed by atoms with Gasteiger partial charge in [0.25, 0.3) is 5.91 Å². The summed E-state index contributed by atoms with van der Waals surface area (Å²) in [4.78, 5) is 29.3. The van der Waals surface area contributed by atoms with Crippen LogP contribution in [-0.4, -0.2) is 81.6 Å². The number of carbonyl (C=O) groups is 2. The number of amides is 2. The molecule has 2 fully saturated rings. The Morgan fingerprint density at radius 3 is 3.04 bits per heavy atom. The van der Waals surface area contributed by atoms with Gasteiger partial charge in [-0.05, 0) is 48.2 Å². The topological polar surface area (TPSA) is 92.9 Å². The Hall–Kier alpha value is -2.55. The maximum Gasteiger partial charge on any atom is 0.255 e. The second-order valence-electron chi connectivity index (χ2n) is 7.89. The first-order valence-corrected chi connectivity index (χ1v) is 9.84. The van der Waals surface area contributed by atoms with Crippen LogP contribution in [0.2, 0.25) is 0 Å². The maximum absolute atomic E-state index is 13.1. The summed E-state index contributed by atoms with van der Waals surface area (Å²) in [6, 6.07) is 3.53. The Bertz CT molecular complexity index is 868. The zero-order valence-corrected chi connectivity index (χ0v) is 16.2. The van der Waals surface area contributed by atoms with E-state index in [0.717, 1.165) is 45.3 Å². The van der Waals surface area contributed by atoms with Gasteiger partial charge in [-0.2, -0.15) is 4.52 Å². The van der Waals surface area contributed by atoms with Crippen molar-refractivity contribution in [3.8, 4) is 0 Å². The van der Waals surface area contributed by atoms with E-state index in [9.17, 15) is 9.59 Å². The summed E-state index contributed by atoms with van der Waals surface area (Å²) in [6.07, 6.45) is 5.94. The van der Waals surface area contributed by atoms with Gasteiger partial charge in [0.05, 0.1) is 5.56 Å².